The molecule has 3 fully saturated rings. The van der Waals surface area contributed by atoms with Gasteiger partial charge in [-0.15, -0.1) is 0 Å². The number of nitrogens with zero attached hydrogens (tertiary/aromatic N) is 1. The van der Waals surface area contributed by atoms with Crippen molar-refractivity contribution < 1.29 is 24.5 Å². The number of nitrogen functional groups attached to an aromatic ring is 1. The van der Waals surface area contributed by atoms with E-state index >= 15 is 0 Å². The summed E-state index contributed by atoms with van der Waals surface area (Å²) in [5.41, 5.74) is 8.97. The zero-order valence-electron chi connectivity index (χ0n) is 16.6. The van der Waals surface area contributed by atoms with Crippen LogP contribution in [0.2, 0.25) is 0 Å². The van der Waals surface area contributed by atoms with E-state index in [9.17, 15) is 9.59 Å². The zero-order chi connectivity index (χ0) is 21.5. The Morgan fingerprint density at radius 2 is 1.60 bits per heavy atom. The molecule has 158 valence electrons. The summed E-state index contributed by atoms with van der Waals surface area (Å²) in [7, 11) is 0. The molecule has 2 bridgehead atoms. The molecule has 3 aliphatic heterocycles. The molecule has 0 spiro atoms. The number of benzene rings is 2. The highest BCUT2D eigenvalue weighted by Gasteiger charge is 2.35. The number of nitrogens with two attached hydrogens (primary N) is 1. The normalized spacial score (nSPS) is 22.2. The quantitative estimate of drug-likeness (QED) is 0.513. The molecule has 3 aliphatic rings. The van der Waals surface area contributed by atoms with Gasteiger partial charge in [0.05, 0.1) is 0 Å². The SMILES string of the molecule is Nc1cccc(-c2ccc(O[C@H]3CN4CCC3CC4)cc2)c1.O=C(O)/C=C/C(=O)O. The van der Waals surface area contributed by atoms with Crippen LogP contribution in [0.1, 0.15) is 12.8 Å². The van der Waals surface area contributed by atoms with Crippen molar-refractivity contribution in [3.63, 3.8) is 0 Å². The lowest BCUT2D eigenvalue weighted by atomic mass is 9.86. The van der Waals surface area contributed by atoms with E-state index in [1.54, 1.807) is 0 Å². The van der Waals surface area contributed by atoms with Crippen molar-refractivity contribution in [3.8, 4) is 16.9 Å². The lowest BCUT2D eigenvalue weighted by molar-refractivity contribution is -0.134. The third-order valence-electron chi connectivity index (χ3n) is 5.33. The highest BCUT2D eigenvalue weighted by molar-refractivity contribution is 5.89. The van der Waals surface area contributed by atoms with E-state index in [2.05, 4.69) is 35.2 Å². The number of aliphatic carboxylic acids is 2. The van der Waals surface area contributed by atoms with E-state index in [0.717, 1.165) is 29.5 Å². The molecule has 0 unspecified atom stereocenters. The van der Waals surface area contributed by atoms with Crippen LogP contribution in [0.15, 0.2) is 60.7 Å². The summed E-state index contributed by atoms with van der Waals surface area (Å²) in [6.07, 6.45) is 4.05. The second-order valence-electron chi connectivity index (χ2n) is 7.45. The van der Waals surface area contributed by atoms with E-state index < -0.39 is 11.9 Å². The van der Waals surface area contributed by atoms with Crippen LogP contribution in [0.3, 0.4) is 0 Å². The Morgan fingerprint density at radius 3 is 2.10 bits per heavy atom. The number of anilines is 1. The Bertz CT molecular complexity index is 886. The third-order valence-corrected chi connectivity index (χ3v) is 5.33. The fourth-order valence-electron chi connectivity index (χ4n) is 3.81. The molecule has 0 saturated carbocycles. The van der Waals surface area contributed by atoms with Crippen molar-refractivity contribution in [1.29, 1.82) is 0 Å². The molecule has 0 radical (unpaired) electrons. The molecule has 3 heterocycles. The maximum Gasteiger partial charge on any atom is 0.328 e. The van der Waals surface area contributed by atoms with Crippen LogP contribution in [-0.4, -0.2) is 52.8 Å². The number of carbonyl (C=O) groups is 2. The van der Waals surface area contributed by atoms with Gasteiger partial charge in [-0.3, -0.25) is 4.90 Å². The number of carboxylic acids is 2. The van der Waals surface area contributed by atoms with Crippen molar-refractivity contribution in [3.05, 3.63) is 60.7 Å². The fraction of sp³-hybridized carbons (Fsp3) is 0.304. The zero-order valence-corrected chi connectivity index (χ0v) is 16.6. The smallest absolute Gasteiger partial charge is 0.328 e. The number of fused-ring (bicyclic) bond motifs is 3. The van der Waals surface area contributed by atoms with Gasteiger partial charge in [-0.1, -0.05) is 24.3 Å². The Labute approximate surface area is 175 Å². The lowest BCUT2D eigenvalue weighted by Crippen LogP contribution is -2.52. The molecule has 0 aliphatic carbocycles. The van der Waals surface area contributed by atoms with Gasteiger partial charge in [0.15, 0.2) is 0 Å². The second kappa shape index (κ2) is 9.93. The number of carboxylic acid groups (broad SMARTS) is 2. The monoisotopic (exact) mass is 410 g/mol. The summed E-state index contributed by atoms with van der Waals surface area (Å²) < 4.78 is 6.24. The van der Waals surface area contributed by atoms with Crippen molar-refractivity contribution in [2.75, 3.05) is 25.4 Å². The first-order valence-corrected chi connectivity index (χ1v) is 9.89. The van der Waals surface area contributed by atoms with Crippen LogP contribution in [-0.2, 0) is 9.59 Å². The van der Waals surface area contributed by atoms with Crippen LogP contribution < -0.4 is 10.5 Å². The molecule has 3 saturated heterocycles. The summed E-state index contributed by atoms with van der Waals surface area (Å²) in [6, 6.07) is 16.4. The summed E-state index contributed by atoms with van der Waals surface area (Å²) in [4.78, 5) is 21.6. The van der Waals surface area contributed by atoms with Gasteiger partial charge in [-0.2, -0.15) is 0 Å². The molecule has 5 rings (SSSR count). The van der Waals surface area contributed by atoms with Gasteiger partial charge in [0.1, 0.15) is 11.9 Å². The molecule has 2 aromatic carbocycles. The first-order valence-electron chi connectivity index (χ1n) is 9.89. The first kappa shape index (κ1) is 21.4. The number of rotatable bonds is 5. The van der Waals surface area contributed by atoms with Gasteiger partial charge in [0.2, 0.25) is 0 Å². The molecule has 0 amide bonds. The van der Waals surface area contributed by atoms with Crippen LogP contribution in [0.4, 0.5) is 5.69 Å². The van der Waals surface area contributed by atoms with Crippen molar-refractivity contribution in [2.45, 2.75) is 18.9 Å². The average molecular weight is 410 g/mol. The molecule has 7 nitrogen and oxygen atoms in total. The largest absolute Gasteiger partial charge is 0.489 e. The Hall–Kier alpha value is -3.32. The predicted octanol–water partition coefficient (Wildman–Crippen LogP) is 3.12. The van der Waals surface area contributed by atoms with Crippen LogP contribution in [0, 0.1) is 5.92 Å². The van der Waals surface area contributed by atoms with Crippen LogP contribution >= 0.6 is 0 Å². The van der Waals surface area contributed by atoms with Gasteiger partial charge in [-0.05, 0) is 67.2 Å². The molecule has 7 heteroatoms. The van der Waals surface area contributed by atoms with Gasteiger partial charge < -0.3 is 20.7 Å². The van der Waals surface area contributed by atoms with Crippen molar-refractivity contribution in [2.24, 2.45) is 5.92 Å². The molecular weight excluding hydrogens is 384 g/mol. The number of hydrogen-bond acceptors (Lipinski definition) is 5. The fourth-order valence-corrected chi connectivity index (χ4v) is 3.81. The topological polar surface area (TPSA) is 113 Å². The van der Waals surface area contributed by atoms with E-state index in [-0.39, 0.29) is 0 Å². The standard InChI is InChI=1S/C19H22N2O.C4H4O4/c20-17-3-1-2-16(12-17)14-4-6-18(7-5-14)22-19-13-21-10-8-15(19)9-11-21;5-3(6)1-2-4(7)8/h1-7,12,15,19H,8-11,13,20H2;1-2H,(H,5,6)(H,7,8)/b;2-1+/t19-;/m0./s1. The summed E-state index contributed by atoms with van der Waals surface area (Å²) in [5, 5.41) is 15.6. The van der Waals surface area contributed by atoms with E-state index in [1.807, 2.05) is 18.2 Å². The number of piperidine rings is 3. The number of ether oxygens (including phenoxy) is 1. The molecule has 30 heavy (non-hydrogen) atoms. The van der Waals surface area contributed by atoms with Gasteiger partial charge in [0, 0.05) is 24.4 Å². The van der Waals surface area contributed by atoms with E-state index in [4.69, 9.17) is 20.7 Å². The summed E-state index contributed by atoms with van der Waals surface area (Å²) in [5.74, 6) is -0.801. The minimum atomic E-state index is -1.26. The first-order chi connectivity index (χ1) is 14.4. The van der Waals surface area contributed by atoms with E-state index in [1.165, 1.54) is 31.5 Å². The second-order valence-corrected chi connectivity index (χ2v) is 7.45. The Kier molecular flexibility index (Phi) is 7.08. The van der Waals surface area contributed by atoms with Gasteiger partial charge >= 0.3 is 11.9 Å². The summed E-state index contributed by atoms with van der Waals surface area (Å²) in [6.45, 7) is 3.58. The molecule has 4 N–H and O–H groups in total. The molecular formula is C23H26N2O5. The van der Waals surface area contributed by atoms with Crippen LogP contribution in [0.25, 0.3) is 11.1 Å². The maximum atomic E-state index is 9.55. The van der Waals surface area contributed by atoms with Gasteiger partial charge in [0.25, 0.3) is 0 Å². The lowest BCUT2D eigenvalue weighted by Gasteiger charge is -2.44. The predicted molar refractivity (Wildman–Crippen MR) is 114 cm³/mol. The summed E-state index contributed by atoms with van der Waals surface area (Å²) >= 11 is 0. The van der Waals surface area contributed by atoms with E-state index in [0.29, 0.717) is 18.3 Å². The van der Waals surface area contributed by atoms with Crippen LogP contribution in [0.5, 0.6) is 5.75 Å². The third kappa shape index (κ3) is 6.09. The molecule has 1 atom stereocenters. The number of hydrogen-bond donors (Lipinski definition) is 3. The minimum absolute atomic E-state index is 0.362. The van der Waals surface area contributed by atoms with Crippen molar-refractivity contribution >= 4 is 17.6 Å². The maximum absolute atomic E-state index is 9.55. The Morgan fingerprint density at radius 1 is 0.967 bits per heavy atom. The highest BCUT2D eigenvalue weighted by atomic mass is 16.5. The molecule has 2 aromatic rings. The highest BCUT2D eigenvalue weighted by Crippen LogP contribution is 2.31. The van der Waals surface area contributed by atoms with Crippen molar-refractivity contribution in [1.82, 2.24) is 4.90 Å². The molecule has 0 aromatic heterocycles. The van der Waals surface area contributed by atoms with Gasteiger partial charge in [-0.25, -0.2) is 9.59 Å². The Balaban J connectivity index is 0.000000275. The minimum Gasteiger partial charge on any atom is -0.489 e. The average Bonchev–Trinajstić information content (AvgIpc) is 2.74.